The Morgan fingerprint density at radius 2 is 0.830 bits per heavy atom. The maximum Gasteiger partial charge on any atom is 0.0316 e. The largest absolute Gasteiger partial charge is 0.399 e. The van der Waals surface area contributed by atoms with Gasteiger partial charge in [-0.25, -0.2) is 0 Å². The van der Waals surface area contributed by atoms with Crippen molar-refractivity contribution in [1.82, 2.24) is 0 Å². The Balaban J connectivity index is 1.27. The molecule has 0 radical (unpaired) electrons. The highest BCUT2D eigenvalue weighted by Crippen LogP contribution is 2.25. The summed E-state index contributed by atoms with van der Waals surface area (Å²) in [7, 11) is 0. The van der Waals surface area contributed by atoms with E-state index in [9.17, 15) is 0 Å². The molecule has 0 unspecified atom stereocenters. The van der Waals surface area contributed by atoms with E-state index in [0.717, 1.165) is 30.1 Å². The molecule has 0 aromatic heterocycles. The van der Waals surface area contributed by atoms with E-state index in [0.29, 0.717) is 0 Å². The van der Waals surface area contributed by atoms with Crippen LogP contribution in [0.5, 0.6) is 0 Å². The van der Waals surface area contributed by atoms with Crippen LogP contribution in [0.3, 0.4) is 0 Å². The number of anilines is 2. The second-order valence-electron chi connectivity index (χ2n) is 14.3. The minimum absolute atomic E-state index is 0.776. The number of hydrogen-bond donors (Lipinski definition) is 2. The van der Waals surface area contributed by atoms with Gasteiger partial charge >= 0.3 is 0 Å². The standard InChI is InChI=1S/C45H62N2/c1-4-5-6-7-8-9-10-11-12-13-14-37(15-17-38-19-23-40(24-20-38)33-42-27-29-44(46)31-35(42)2)16-18-39-21-25-41(26-22-39)34-43-28-30-45(47)32-36(43)3/h19-32,37H,4-18,33-34,46-47H2,1-3H3. The average molecular weight is 631 g/mol. The zero-order chi connectivity index (χ0) is 33.3. The van der Waals surface area contributed by atoms with Crippen LogP contribution < -0.4 is 11.5 Å². The molecule has 2 nitrogen and oxygen atoms in total. The fraction of sp³-hybridized carbons (Fsp3) is 0.467. The predicted molar refractivity (Wildman–Crippen MR) is 206 cm³/mol. The van der Waals surface area contributed by atoms with Crippen LogP contribution in [0.2, 0.25) is 0 Å². The summed E-state index contributed by atoms with van der Waals surface area (Å²) >= 11 is 0. The van der Waals surface area contributed by atoms with Gasteiger partial charge in [-0.05, 0) is 127 Å². The van der Waals surface area contributed by atoms with Crippen LogP contribution in [-0.4, -0.2) is 0 Å². The summed E-state index contributed by atoms with van der Waals surface area (Å²) in [6.07, 6.45) is 22.2. The van der Waals surface area contributed by atoms with Gasteiger partial charge in [-0.3, -0.25) is 0 Å². The maximum absolute atomic E-state index is 5.97. The first kappa shape index (κ1) is 36.3. The highest BCUT2D eigenvalue weighted by Gasteiger charge is 2.11. The van der Waals surface area contributed by atoms with E-state index in [4.69, 9.17) is 11.5 Å². The van der Waals surface area contributed by atoms with E-state index in [1.807, 2.05) is 12.1 Å². The van der Waals surface area contributed by atoms with Crippen LogP contribution in [0.25, 0.3) is 0 Å². The van der Waals surface area contributed by atoms with Crippen LogP contribution in [-0.2, 0) is 25.7 Å². The SMILES string of the molecule is CCCCCCCCCCCCC(CCc1ccc(Cc2ccc(N)cc2C)cc1)CCc1ccc(Cc2ccc(N)cc2C)cc1. The predicted octanol–water partition coefficient (Wildman–Crippen LogP) is 12.1. The third-order valence-electron chi connectivity index (χ3n) is 10.2. The molecule has 4 aromatic rings. The molecule has 0 fully saturated rings. The number of hydrogen-bond acceptors (Lipinski definition) is 2. The topological polar surface area (TPSA) is 52.0 Å². The third-order valence-corrected chi connectivity index (χ3v) is 10.2. The van der Waals surface area contributed by atoms with Crippen molar-refractivity contribution >= 4 is 11.4 Å². The van der Waals surface area contributed by atoms with Crippen molar-refractivity contribution in [2.45, 2.75) is 130 Å². The summed E-state index contributed by atoms with van der Waals surface area (Å²) in [5, 5.41) is 0. The van der Waals surface area contributed by atoms with E-state index < -0.39 is 0 Å². The number of nitrogen functional groups attached to an aromatic ring is 2. The summed E-state index contributed by atoms with van der Waals surface area (Å²) in [5.41, 5.74) is 24.6. The van der Waals surface area contributed by atoms with E-state index >= 15 is 0 Å². The van der Waals surface area contributed by atoms with Gasteiger partial charge in [0.15, 0.2) is 0 Å². The molecule has 0 heterocycles. The van der Waals surface area contributed by atoms with Crippen molar-refractivity contribution in [3.8, 4) is 0 Å². The van der Waals surface area contributed by atoms with Gasteiger partial charge in [0, 0.05) is 11.4 Å². The fourth-order valence-electron chi connectivity index (χ4n) is 7.02. The van der Waals surface area contributed by atoms with Crippen molar-refractivity contribution in [3.63, 3.8) is 0 Å². The van der Waals surface area contributed by atoms with E-state index in [-0.39, 0.29) is 0 Å². The Morgan fingerprint density at radius 1 is 0.447 bits per heavy atom. The Labute approximate surface area is 287 Å². The lowest BCUT2D eigenvalue weighted by Crippen LogP contribution is -2.05. The van der Waals surface area contributed by atoms with Gasteiger partial charge in [0.25, 0.3) is 0 Å². The first-order chi connectivity index (χ1) is 22.9. The van der Waals surface area contributed by atoms with Crippen LogP contribution in [0.1, 0.15) is 135 Å². The van der Waals surface area contributed by atoms with Gasteiger partial charge in [0.05, 0.1) is 0 Å². The number of nitrogens with two attached hydrogens (primary N) is 2. The van der Waals surface area contributed by atoms with Crippen LogP contribution in [0.4, 0.5) is 11.4 Å². The molecule has 0 aliphatic rings. The van der Waals surface area contributed by atoms with Crippen molar-refractivity contribution in [1.29, 1.82) is 0 Å². The molecule has 0 atom stereocenters. The quantitative estimate of drug-likeness (QED) is 0.0711. The molecule has 0 spiro atoms. The Bertz CT molecular complexity index is 1350. The number of rotatable bonds is 21. The summed E-state index contributed by atoms with van der Waals surface area (Å²) < 4.78 is 0. The first-order valence-corrected chi connectivity index (χ1v) is 18.7. The minimum Gasteiger partial charge on any atom is -0.399 e. The van der Waals surface area contributed by atoms with Gasteiger partial charge in [-0.1, -0.05) is 138 Å². The highest BCUT2D eigenvalue weighted by molar-refractivity contribution is 5.46. The fourth-order valence-corrected chi connectivity index (χ4v) is 7.02. The molecule has 0 saturated carbocycles. The van der Waals surface area contributed by atoms with Gasteiger partial charge in [0.2, 0.25) is 0 Å². The average Bonchev–Trinajstić information content (AvgIpc) is 3.06. The van der Waals surface area contributed by atoms with Gasteiger partial charge in [0.1, 0.15) is 0 Å². The van der Waals surface area contributed by atoms with E-state index in [1.165, 1.54) is 141 Å². The molecule has 4 aromatic carbocycles. The lowest BCUT2D eigenvalue weighted by Gasteiger charge is -2.18. The minimum atomic E-state index is 0.776. The van der Waals surface area contributed by atoms with Crippen molar-refractivity contribution in [2.75, 3.05) is 11.5 Å². The summed E-state index contributed by atoms with van der Waals surface area (Å²) in [5.74, 6) is 0.776. The Hall–Kier alpha value is -3.52. The molecule has 4 N–H and O–H groups in total. The van der Waals surface area contributed by atoms with E-state index in [1.54, 1.807) is 0 Å². The Morgan fingerprint density at radius 3 is 1.23 bits per heavy atom. The van der Waals surface area contributed by atoms with Crippen molar-refractivity contribution in [2.24, 2.45) is 5.92 Å². The van der Waals surface area contributed by atoms with Gasteiger partial charge in [-0.15, -0.1) is 0 Å². The number of benzene rings is 4. The lowest BCUT2D eigenvalue weighted by atomic mass is 9.88. The molecule has 0 aliphatic carbocycles. The normalized spacial score (nSPS) is 11.4. The Kier molecular flexibility index (Phi) is 15.4. The van der Waals surface area contributed by atoms with Gasteiger partial charge in [-0.2, -0.15) is 0 Å². The highest BCUT2D eigenvalue weighted by atomic mass is 14.5. The molecule has 0 saturated heterocycles. The molecule has 47 heavy (non-hydrogen) atoms. The third kappa shape index (κ3) is 13.3. The van der Waals surface area contributed by atoms with E-state index in [2.05, 4.69) is 93.6 Å². The zero-order valence-electron chi connectivity index (χ0n) is 29.8. The summed E-state index contributed by atoms with van der Waals surface area (Å²) in [6, 6.07) is 31.3. The molecule has 2 heteroatoms. The smallest absolute Gasteiger partial charge is 0.0316 e. The molecular formula is C45H62N2. The number of aryl methyl sites for hydroxylation is 4. The monoisotopic (exact) mass is 630 g/mol. The van der Waals surface area contributed by atoms with Crippen LogP contribution >= 0.6 is 0 Å². The molecule has 0 aliphatic heterocycles. The molecule has 0 amide bonds. The molecule has 0 bridgehead atoms. The molecular weight excluding hydrogens is 569 g/mol. The number of unbranched alkanes of at least 4 members (excludes halogenated alkanes) is 9. The van der Waals surface area contributed by atoms with Crippen LogP contribution in [0, 0.1) is 19.8 Å². The van der Waals surface area contributed by atoms with Crippen molar-refractivity contribution < 1.29 is 0 Å². The molecule has 4 rings (SSSR count). The zero-order valence-corrected chi connectivity index (χ0v) is 29.8. The summed E-state index contributed by atoms with van der Waals surface area (Å²) in [6.45, 7) is 6.62. The maximum atomic E-state index is 5.97. The second-order valence-corrected chi connectivity index (χ2v) is 14.3. The van der Waals surface area contributed by atoms with Crippen molar-refractivity contribution in [3.05, 3.63) is 129 Å². The summed E-state index contributed by atoms with van der Waals surface area (Å²) in [4.78, 5) is 0. The molecule has 252 valence electrons. The first-order valence-electron chi connectivity index (χ1n) is 18.7. The lowest BCUT2D eigenvalue weighted by molar-refractivity contribution is 0.397. The van der Waals surface area contributed by atoms with Crippen LogP contribution in [0.15, 0.2) is 84.9 Å². The second kappa shape index (κ2) is 20.0. The van der Waals surface area contributed by atoms with Gasteiger partial charge < -0.3 is 11.5 Å².